The van der Waals surface area contributed by atoms with Gasteiger partial charge in [-0.3, -0.25) is 9.59 Å². The number of para-hydroxylation sites is 1. The Morgan fingerprint density at radius 1 is 1.35 bits per heavy atom. The molecule has 1 atom stereocenters. The zero-order chi connectivity index (χ0) is 14.5. The van der Waals surface area contributed by atoms with Crippen LogP contribution in [0.1, 0.15) is 31.7 Å². The minimum Gasteiger partial charge on any atom is -0.385 e. The van der Waals surface area contributed by atoms with Crippen molar-refractivity contribution in [1.29, 1.82) is 0 Å². The first-order chi connectivity index (χ1) is 9.58. The fourth-order valence-corrected chi connectivity index (χ4v) is 2.40. The van der Waals surface area contributed by atoms with Gasteiger partial charge in [-0.25, -0.2) is 0 Å². The van der Waals surface area contributed by atoms with Crippen molar-refractivity contribution in [3.05, 3.63) is 29.8 Å². The van der Waals surface area contributed by atoms with Crippen LogP contribution in [0, 0.1) is 0 Å². The summed E-state index contributed by atoms with van der Waals surface area (Å²) in [6.07, 6.45) is 0.745. The first-order valence-electron chi connectivity index (χ1n) is 6.98. The molecule has 2 rings (SSSR count). The van der Waals surface area contributed by atoms with Crippen molar-refractivity contribution in [2.24, 2.45) is 0 Å². The number of anilines is 1. The Hall–Kier alpha value is -2.04. The van der Waals surface area contributed by atoms with Crippen LogP contribution in [0.2, 0.25) is 0 Å². The Morgan fingerprint density at radius 2 is 2.10 bits per heavy atom. The van der Waals surface area contributed by atoms with Crippen LogP contribution in [0.15, 0.2) is 24.3 Å². The topological polar surface area (TPSA) is 70.2 Å². The molecule has 0 radical (unpaired) electrons. The molecule has 5 heteroatoms. The number of amides is 2. The number of rotatable bonds is 4. The summed E-state index contributed by atoms with van der Waals surface area (Å²) >= 11 is 0. The van der Waals surface area contributed by atoms with Crippen molar-refractivity contribution in [3.63, 3.8) is 0 Å². The Kier molecular flexibility index (Phi) is 4.61. The van der Waals surface area contributed by atoms with Crippen LogP contribution in [0.3, 0.4) is 0 Å². The summed E-state index contributed by atoms with van der Waals surface area (Å²) in [5.74, 6) is -0.423. The summed E-state index contributed by atoms with van der Waals surface area (Å²) < 4.78 is 0. The molecule has 1 aliphatic rings. The highest BCUT2D eigenvalue weighted by atomic mass is 16.2. The van der Waals surface area contributed by atoms with Gasteiger partial charge < -0.3 is 16.0 Å². The molecule has 0 bridgehead atoms. The van der Waals surface area contributed by atoms with Crippen LogP contribution in [0.4, 0.5) is 5.69 Å². The lowest BCUT2D eigenvalue weighted by atomic mass is 9.90. The maximum absolute atomic E-state index is 12.2. The molecule has 1 heterocycles. The maximum Gasteiger partial charge on any atom is 0.239 e. The standard InChI is InChI=1S/C15H21N3O2/c1-10(2)18-14(19)9-17-15(20)12-7-8-16-13-6-4-3-5-11(12)13/h3-6,10,12,16H,7-9H2,1-2H3,(H,17,20)(H,18,19). The van der Waals surface area contributed by atoms with E-state index in [-0.39, 0.29) is 30.3 Å². The molecule has 0 spiro atoms. The van der Waals surface area contributed by atoms with E-state index in [1.807, 2.05) is 38.1 Å². The van der Waals surface area contributed by atoms with Crippen LogP contribution < -0.4 is 16.0 Å². The molecule has 0 saturated heterocycles. The quantitative estimate of drug-likeness (QED) is 0.774. The molecule has 0 aromatic heterocycles. The van der Waals surface area contributed by atoms with Gasteiger partial charge in [-0.05, 0) is 31.9 Å². The summed E-state index contributed by atoms with van der Waals surface area (Å²) in [4.78, 5) is 23.8. The van der Waals surface area contributed by atoms with Crippen LogP contribution in [-0.2, 0) is 9.59 Å². The molecule has 1 aromatic carbocycles. The monoisotopic (exact) mass is 275 g/mol. The number of hydrogen-bond donors (Lipinski definition) is 3. The summed E-state index contributed by atoms with van der Waals surface area (Å²) in [6.45, 7) is 4.59. The molecule has 0 saturated carbocycles. The minimum absolute atomic E-state index is 0.0309. The van der Waals surface area contributed by atoms with E-state index in [0.29, 0.717) is 0 Å². The normalized spacial score (nSPS) is 17.1. The van der Waals surface area contributed by atoms with Crippen molar-refractivity contribution >= 4 is 17.5 Å². The molecular formula is C15H21N3O2. The van der Waals surface area contributed by atoms with E-state index in [1.54, 1.807) is 0 Å². The second-order valence-electron chi connectivity index (χ2n) is 5.30. The Balaban J connectivity index is 1.95. The number of hydrogen-bond acceptors (Lipinski definition) is 3. The Labute approximate surface area is 119 Å². The average molecular weight is 275 g/mol. The fourth-order valence-electron chi connectivity index (χ4n) is 2.40. The van der Waals surface area contributed by atoms with Gasteiger partial charge in [-0.15, -0.1) is 0 Å². The largest absolute Gasteiger partial charge is 0.385 e. The third-order valence-electron chi connectivity index (χ3n) is 3.27. The molecule has 108 valence electrons. The van der Waals surface area contributed by atoms with E-state index >= 15 is 0 Å². The van der Waals surface area contributed by atoms with E-state index in [4.69, 9.17) is 0 Å². The lowest BCUT2D eigenvalue weighted by molar-refractivity contribution is -0.127. The van der Waals surface area contributed by atoms with Gasteiger partial charge in [-0.2, -0.15) is 0 Å². The minimum atomic E-state index is -0.181. The van der Waals surface area contributed by atoms with Crippen molar-refractivity contribution in [2.75, 3.05) is 18.4 Å². The third kappa shape index (κ3) is 3.50. The lowest BCUT2D eigenvalue weighted by Gasteiger charge is -2.25. The van der Waals surface area contributed by atoms with Crippen molar-refractivity contribution in [1.82, 2.24) is 10.6 Å². The molecule has 3 N–H and O–H groups in total. The first-order valence-corrected chi connectivity index (χ1v) is 6.98. The summed E-state index contributed by atoms with van der Waals surface area (Å²) in [6, 6.07) is 7.89. The maximum atomic E-state index is 12.2. The van der Waals surface area contributed by atoms with E-state index in [0.717, 1.165) is 24.2 Å². The average Bonchev–Trinajstić information content (AvgIpc) is 2.43. The van der Waals surface area contributed by atoms with E-state index in [2.05, 4.69) is 16.0 Å². The highest BCUT2D eigenvalue weighted by Gasteiger charge is 2.26. The molecule has 1 unspecified atom stereocenters. The molecular weight excluding hydrogens is 254 g/mol. The van der Waals surface area contributed by atoms with Crippen LogP contribution in [-0.4, -0.2) is 30.9 Å². The zero-order valence-electron chi connectivity index (χ0n) is 11.9. The van der Waals surface area contributed by atoms with E-state index in [9.17, 15) is 9.59 Å². The van der Waals surface area contributed by atoms with Gasteiger partial charge in [0.25, 0.3) is 0 Å². The second-order valence-corrected chi connectivity index (χ2v) is 5.30. The number of carbonyl (C=O) groups is 2. The molecule has 0 aliphatic carbocycles. The fraction of sp³-hybridized carbons (Fsp3) is 0.467. The SMILES string of the molecule is CC(C)NC(=O)CNC(=O)C1CCNc2ccccc21. The van der Waals surface area contributed by atoms with Gasteiger partial charge in [0.05, 0.1) is 12.5 Å². The first kappa shape index (κ1) is 14.4. The molecule has 0 fully saturated rings. The number of carbonyl (C=O) groups excluding carboxylic acids is 2. The Morgan fingerprint density at radius 3 is 2.85 bits per heavy atom. The number of fused-ring (bicyclic) bond motifs is 1. The molecule has 1 aromatic rings. The molecule has 5 nitrogen and oxygen atoms in total. The van der Waals surface area contributed by atoms with Crippen LogP contribution in [0.25, 0.3) is 0 Å². The summed E-state index contributed by atoms with van der Waals surface area (Å²) in [5, 5.41) is 8.75. The summed E-state index contributed by atoms with van der Waals surface area (Å²) in [5.41, 5.74) is 2.01. The molecule has 1 aliphatic heterocycles. The van der Waals surface area contributed by atoms with Crippen LogP contribution >= 0.6 is 0 Å². The van der Waals surface area contributed by atoms with Crippen molar-refractivity contribution in [3.8, 4) is 0 Å². The van der Waals surface area contributed by atoms with Gasteiger partial charge in [0.2, 0.25) is 11.8 Å². The Bertz CT molecular complexity index is 500. The van der Waals surface area contributed by atoms with Crippen LogP contribution in [0.5, 0.6) is 0 Å². The van der Waals surface area contributed by atoms with E-state index in [1.165, 1.54) is 0 Å². The van der Waals surface area contributed by atoms with Gasteiger partial charge in [0.15, 0.2) is 0 Å². The molecule has 20 heavy (non-hydrogen) atoms. The third-order valence-corrected chi connectivity index (χ3v) is 3.27. The predicted octanol–water partition coefficient (Wildman–Crippen LogP) is 1.23. The van der Waals surface area contributed by atoms with Gasteiger partial charge in [0, 0.05) is 18.3 Å². The van der Waals surface area contributed by atoms with E-state index < -0.39 is 0 Å². The molecule has 2 amide bonds. The van der Waals surface area contributed by atoms with Gasteiger partial charge in [0.1, 0.15) is 0 Å². The smallest absolute Gasteiger partial charge is 0.239 e. The second kappa shape index (κ2) is 6.41. The summed E-state index contributed by atoms with van der Waals surface area (Å²) in [7, 11) is 0. The van der Waals surface area contributed by atoms with Gasteiger partial charge in [-0.1, -0.05) is 18.2 Å². The highest BCUT2D eigenvalue weighted by molar-refractivity contribution is 5.90. The lowest BCUT2D eigenvalue weighted by Crippen LogP contribution is -2.42. The highest BCUT2D eigenvalue weighted by Crippen LogP contribution is 2.31. The van der Waals surface area contributed by atoms with Gasteiger partial charge >= 0.3 is 0 Å². The van der Waals surface area contributed by atoms with Crippen molar-refractivity contribution in [2.45, 2.75) is 32.2 Å². The predicted molar refractivity (Wildman–Crippen MR) is 78.6 cm³/mol. The van der Waals surface area contributed by atoms with Crippen molar-refractivity contribution < 1.29 is 9.59 Å². The number of nitrogens with one attached hydrogen (secondary N) is 3. The zero-order valence-corrected chi connectivity index (χ0v) is 11.9. The number of benzene rings is 1.